The van der Waals surface area contributed by atoms with E-state index in [0.29, 0.717) is 19.5 Å². The van der Waals surface area contributed by atoms with Gasteiger partial charge in [0.05, 0.1) is 31.9 Å². The maximum absolute atomic E-state index is 14.9. The quantitative estimate of drug-likeness (QED) is 0.429. The topological polar surface area (TPSA) is 128 Å². The van der Waals surface area contributed by atoms with Gasteiger partial charge in [-0.25, -0.2) is 23.5 Å². The minimum Gasteiger partial charge on any atom is -0.494 e. The first-order chi connectivity index (χ1) is 16.9. The van der Waals surface area contributed by atoms with Gasteiger partial charge in [0.25, 0.3) is 0 Å². The smallest absolute Gasteiger partial charge is 0.363 e. The molecule has 1 aromatic carbocycles. The number of nitrogens with zero attached hydrogens (tertiary/aromatic N) is 2. The number of hydrogen-bond donors (Lipinski definition) is 3. The van der Waals surface area contributed by atoms with Crippen LogP contribution in [0.3, 0.4) is 0 Å². The zero-order chi connectivity index (χ0) is 25.1. The van der Waals surface area contributed by atoms with Gasteiger partial charge in [-0.1, -0.05) is 6.58 Å². The largest absolute Gasteiger partial charge is 0.494 e. The van der Waals surface area contributed by atoms with Crippen molar-refractivity contribution in [3.8, 4) is 22.8 Å². The number of piperidine rings is 1. The molecule has 0 aliphatic carbocycles. The Balaban J connectivity index is 1.69. The molecule has 184 valence electrons. The average molecular weight is 487 g/mol. The first-order valence-electron chi connectivity index (χ1n) is 10.7. The van der Waals surface area contributed by atoms with Crippen LogP contribution >= 0.6 is 0 Å². The molecule has 0 saturated carbocycles. The summed E-state index contributed by atoms with van der Waals surface area (Å²) in [4.78, 5) is 32.9. The van der Waals surface area contributed by atoms with E-state index < -0.39 is 22.8 Å². The summed E-state index contributed by atoms with van der Waals surface area (Å²) in [5.74, 6) is -3.21. The molecule has 2 aromatic heterocycles. The number of anilines is 1. The summed E-state index contributed by atoms with van der Waals surface area (Å²) < 4.78 is 44.9. The Kier molecular flexibility index (Phi) is 6.92. The van der Waals surface area contributed by atoms with Crippen LogP contribution in [-0.4, -0.2) is 55.3 Å². The minimum atomic E-state index is -1.05. The number of carbonyl (C=O) groups excluding carboxylic acids is 1. The summed E-state index contributed by atoms with van der Waals surface area (Å²) in [5, 5.41) is 9.38. The van der Waals surface area contributed by atoms with Crippen LogP contribution in [0, 0.1) is 11.6 Å². The number of carbonyl (C=O) groups is 1. The van der Waals surface area contributed by atoms with E-state index in [0.717, 1.165) is 6.07 Å². The van der Waals surface area contributed by atoms with Gasteiger partial charge in [0, 0.05) is 24.2 Å². The Labute approximate surface area is 198 Å². The molecular formula is C23H23F2N5O5. The van der Waals surface area contributed by atoms with Crippen LogP contribution in [0.2, 0.25) is 0 Å². The Morgan fingerprint density at radius 2 is 1.94 bits per heavy atom. The Bertz CT molecular complexity index is 1320. The lowest BCUT2D eigenvalue weighted by atomic mass is 10.0. The predicted octanol–water partition coefficient (Wildman–Crippen LogP) is 1.99. The number of ether oxygens (including phenoxy) is 2. The fraction of sp³-hybridized carbons (Fsp3) is 0.304. The van der Waals surface area contributed by atoms with Gasteiger partial charge in [-0.3, -0.25) is 4.79 Å². The molecule has 1 aliphatic rings. The van der Waals surface area contributed by atoms with Crippen molar-refractivity contribution >= 4 is 22.8 Å². The summed E-state index contributed by atoms with van der Waals surface area (Å²) in [6, 6.07) is 1.84. The van der Waals surface area contributed by atoms with Crippen LogP contribution in [0.5, 0.6) is 11.5 Å². The highest BCUT2D eigenvalue weighted by Crippen LogP contribution is 2.37. The van der Waals surface area contributed by atoms with E-state index in [-0.39, 0.29) is 52.1 Å². The Hall–Kier alpha value is -4.06. The fourth-order valence-corrected chi connectivity index (χ4v) is 3.86. The predicted molar refractivity (Wildman–Crippen MR) is 124 cm³/mol. The third-order valence-corrected chi connectivity index (χ3v) is 5.63. The number of aromatic nitrogens is 2. The zero-order valence-corrected chi connectivity index (χ0v) is 19.0. The van der Waals surface area contributed by atoms with Crippen molar-refractivity contribution in [2.75, 3.05) is 32.6 Å². The van der Waals surface area contributed by atoms with Crippen molar-refractivity contribution in [3.05, 3.63) is 53.0 Å². The molecule has 10 nitrogen and oxygen atoms in total. The van der Waals surface area contributed by atoms with Crippen molar-refractivity contribution in [2.24, 2.45) is 0 Å². The van der Waals surface area contributed by atoms with Crippen LogP contribution in [0.4, 0.5) is 14.7 Å². The molecule has 1 aliphatic heterocycles. The third-order valence-electron chi connectivity index (χ3n) is 5.63. The maximum Gasteiger partial charge on any atom is 0.363 e. The van der Waals surface area contributed by atoms with Gasteiger partial charge in [0.15, 0.2) is 28.7 Å². The number of amides is 1. The Morgan fingerprint density at radius 3 is 2.60 bits per heavy atom. The molecule has 0 bridgehead atoms. The maximum atomic E-state index is 14.9. The second-order valence-electron chi connectivity index (χ2n) is 7.74. The van der Waals surface area contributed by atoms with Gasteiger partial charge in [-0.2, -0.15) is 0 Å². The van der Waals surface area contributed by atoms with E-state index in [2.05, 4.69) is 32.5 Å². The lowest BCUT2D eigenvalue weighted by Crippen LogP contribution is -2.55. The number of hydrogen-bond acceptors (Lipinski definition) is 9. The number of nitrogens with one attached hydrogen (secondary N) is 3. The van der Waals surface area contributed by atoms with Crippen molar-refractivity contribution < 1.29 is 27.5 Å². The van der Waals surface area contributed by atoms with Crippen LogP contribution in [0.15, 0.2) is 40.2 Å². The highest BCUT2D eigenvalue weighted by atomic mass is 19.1. The fourth-order valence-electron chi connectivity index (χ4n) is 3.86. The summed E-state index contributed by atoms with van der Waals surface area (Å²) in [6.07, 6.45) is 3.20. The van der Waals surface area contributed by atoms with Gasteiger partial charge in [0.1, 0.15) is 5.76 Å². The lowest BCUT2D eigenvalue weighted by molar-refractivity contribution is -0.117. The van der Waals surface area contributed by atoms with E-state index in [1.165, 1.54) is 32.6 Å². The molecular weight excluding hydrogens is 464 g/mol. The highest BCUT2D eigenvalue weighted by Gasteiger charge is 2.27. The van der Waals surface area contributed by atoms with Crippen LogP contribution < -0.4 is 31.0 Å². The average Bonchev–Trinajstić information content (AvgIpc) is 2.86. The molecule has 3 N–H and O–H groups in total. The summed E-state index contributed by atoms with van der Waals surface area (Å²) in [6.45, 7) is 4.70. The molecule has 0 unspecified atom stereocenters. The molecule has 2 atom stereocenters. The SMILES string of the molecule is C=CC(=O)N[C@H]1CCNC[C@H]1Nc1ncc2cc(-c3c(F)c(OC)cc(OC)c3F)oc(=O)c2n1. The standard InChI is InChI=1S/C23H23F2N5O5/c1-4-17(31)28-12-5-6-26-10-13(12)29-23-27-9-11-7-14(35-22(32)21(11)30-23)18-19(24)15(33-2)8-16(34-3)20(18)25/h4,7-9,12-13,26H,1,5-6,10H2,2-3H3,(H,28,31)(H,27,29,30)/t12-,13+/m0/s1. The van der Waals surface area contributed by atoms with E-state index in [1.807, 2.05) is 0 Å². The highest BCUT2D eigenvalue weighted by molar-refractivity contribution is 5.87. The van der Waals surface area contributed by atoms with E-state index >= 15 is 0 Å². The molecule has 3 heterocycles. The van der Waals surface area contributed by atoms with Crippen molar-refractivity contribution in [1.29, 1.82) is 0 Å². The first-order valence-corrected chi connectivity index (χ1v) is 10.7. The molecule has 12 heteroatoms. The monoisotopic (exact) mass is 487 g/mol. The molecule has 1 saturated heterocycles. The first kappa shape index (κ1) is 24.1. The molecule has 0 radical (unpaired) electrons. The second-order valence-corrected chi connectivity index (χ2v) is 7.74. The summed E-state index contributed by atoms with van der Waals surface area (Å²) in [7, 11) is 2.43. The number of rotatable bonds is 7. The number of fused-ring (bicyclic) bond motifs is 1. The van der Waals surface area contributed by atoms with Gasteiger partial charge >= 0.3 is 5.63 Å². The van der Waals surface area contributed by atoms with Gasteiger partial charge < -0.3 is 29.8 Å². The lowest BCUT2D eigenvalue weighted by Gasteiger charge is -2.33. The molecule has 3 aromatic rings. The molecule has 0 spiro atoms. The second kappa shape index (κ2) is 10.1. The van der Waals surface area contributed by atoms with Crippen molar-refractivity contribution in [2.45, 2.75) is 18.5 Å². The normalized spacial score (nSPS) is 17.6. The van der Waals surface area contributed by atoms with Gasteiger partial charge in [-0.15, -0.1) is 0 Å². The third kappa shape index (κ3) is 4.78. The van der Waals surface area contributed by atoms with Gasteiger partial charge in [-0.05, 0) is 25.1 Å². The van der Waals surface area contributed by atoms with E-state index in [4.69, 9.17) is 13.9 Å². The van der Waals surface area contributed by atoms with Crippen LogP contribution in [-0.2, 0) is 4.79 Å². The van der Waals surface area contributed by atoms with E-state index in [9.17, 15) is 18.4 Å². The zero-order valence-electron chi connectivity index (χ0n) is 19.0. The number of halogens is 2. The number of methoxy groups -OCH3 is 2. The molecule has 35 heavy (non-hydrogen) atoms. The minimum absolute atomic E-state index is 0.0858. The summed E-state index contributed by atoms with van der Waals surface area (Å²) >= 11 is 0. The Morgan fingerprint density at radius 1 is 1.23 bits per heavy atom. The molecule has 1 amide bonds. The van der Waals surface area contributed by atoms with Crippen LogP contribution in [0.25, 0.3) is 22.2 Å². The molecule has 1 fully saturated rings. The number of benzene rings is 1. The summed E-state index contributed by atoms with van der Waals surface area (Å²) in [5.41, 5.74) is -1.62. The van der Waals surface area contributed by atoms with Crippen molar-refractivity contribution in [3.63, 3.8) is 0 Å². The van der Waals surface area contributed by atoms with Crippen LogP contribution in [0.1, 0.15) is 6.42 Å². The van der Waals surface area contributed by atoms with Gasteiger partial charge in [0.2, 0.25) is 11.9 Å². The molecule has 4 rings (SSSR count). The van der Waals surface area contributed by atoms with Crippen molar-refractivity contribution in [1.82, 2.24) is 20.6 Å². The van der Waals surface area contributed by atoms with E-state index in [1.54, 1.807) is 0 Å².